The quantitative estimate of drug-likeness (QED) is 0.496. The second-order valence-corrected chi connectivity index (χ2v) is 11.4. The number of hydrogen-bond acceptors (Lipinski definition) is 1. The van der Waals surface area contributed by atoms with E-state index in [0.29, 0.717) is 10.2 Å². The molecule has 1 aliphatic heterocycles. The Morgan fingerprint density at radius 2 is 1.72 bits per heavy atom. The third-order valence-corrected chi connectivity index (χ3v) is 10.5. The maximum absolute atomic E-state index is 2.61. The molecule has 3 saturated carbocycles. The van der Waals surface area contributed by atoms with Gasteiger partial charge in [-0.15, -0.1) is 0 Å². The minimum absolute atomic E-state index is 0.471. The summed E-state index contributed by atoms with van der Waals surface area (Å²) in [6.45, 7) is 5.15. The van der Waals surface area contributed by atoms with Gasteiger partial charge in [-0.2, -0.15) is 11.8 Å². The molecule has 0 amide bonds. The average molecular weight is 355 g/mol. The lowest BCUT2D eigenvalue weighted by Gasteiger charge is -2.71. The molecule has 5 aliphatic rings. The van der Waals surface area contributed by atoms with Gasteiger partial charge in [-0.1, -0.05) is 76.6 Å². The number of benzene rings is 1. The molecule has 25 heavy (non-hydrogen) atoms. The fourth-order valence-corrected chi connectivity index (χ4v) is 9.68. The Hall–Kier alpha value is -0.430. The van der Waals surface area contributed by atoms with Crippen LogP contribution >= 0.6 is 11.8 Å². The van der Waals surface area contributed by atoms with E-state index in [2.05, 4.69) is 49.9 Å². The molecular weight excluding hydrogens is 320 g/mol. The first-order valence-electron chi connectivity index (χ1n) is 10.9. The van der Waals surface area contributed by atoms with Gasteiger partial charge in [0.25, 0.3) is 0 Å². The minimum Gasteiger partial charge on any atom is -0.150 e. The molecule has 0 N–H and O–H groups in total. The summed E-state index contributed by atoms with van der Waals surface area (Å²) in [4.78, 5) is 0. The van der Waals surface area contributed by atoms with Gasteiger partial charge in [0.1, 0.15) is 0 Å². The third kappa shape index (κ3) is 2.33. The van der Waals surface area contributed by atoms with Crippen molar-refractivity contribution in [3.8, 4) is 0 Å². The number of thioether (sulfide) groups is 1. The summed E-state index contributed by atoms with van der Waals surface area (Å²) in [5.74, 6) is 2.94. The minimum atomic E-state index is 0.471. The molecule has 0 nitrogen and oxygen atoms in total. The van der Waals surface area contributed by atoms with Crippen LogP contribution in [-0.4, -0.2) is 10.00 Å². The molecule has 6 unspecified atom stereocenters. The van der Waals surface area contributed by atoms with Crippen molar-refractivity contribution in [2.75, 3.05) is 0 Å². The highest BCUT2D eigenvalue weighted by Crippen LogP contribution is 2.73. The molecule has 4 aliphatic carbocycles. The highest BCUT2D eigenvalue weighted by atomic mass is 32.2. The molecule has 1 aromatic carbocycles. The van der Waals surface area contributed by atoms with E-state index in [0.717, 1.165) is 23.0 Å². The summed E-state index contributed by atoms with van der Waals surface area (Å²) in [5.41, 5.74) is 3.84. The SMILES string of the molecule is C1CCC1.CC1CCCC23SC4Cc5ccccc5C(C)(CCC12)C43. The van der Waals surface area contributed by atoms with Crippen LogP contribution in [0.3, 0.4) is 0 Å². The predicted molar refractivity (Wildman–Crippen MR) is 109 cm³/mol. The Labute approximate surface area is 158 Å². The fraction of sp³-hybridized carbons (Fsp3) is 0.750. The summed E-state index contributed by atoms with van der Waals surface area (Å²) in [5, 5.41) is 0.915. The van der Waals surface area contributed by atoms with E-state index in [9.17, 15) is 0 Å². The smallest absolute Gasteiger partial charge is 0.0241 e. The molecular formula is C24H34S. The predicted octanol–water partition coefficient (Wildman–Crippen LogP) is 6.76. The van der Waals surface area contributed by atoms with Crippen molar-refractivity contribution >= 4 is 11.8 Å². The van der Waals surface area contributed by atoms with Crippen LogP contribution in [0.2, 0.25) is 0 Å². The van der Waals surface area contributed by atoms with E-state index >= 15 is 0 Å². The van der Waals surface area contributed by atoms with Crippen molar-refractivity contribution in [2.24, 2.45) is 17.8 Å². The van der Waals surface area contributed by atoms with Gasteiger partial charge in [0.05, 0.1) is 0 Å². The van der Waals surface area contributed by atoms with Gasteiger partial charge in [0.2, 0.25) is 0 Å². The lowest BCUT2D eigenvalue weighted by atomic mass is 9.47. The number of hydrogen-bond donors (Lipinski definition) is 0. The van der Waals surface area contributed by atoms with Gasteiger partial charge in [-0.25, -0.2) is 0 Å². The molecule has 0 radical (unpaired) electrons. The normalized spacial score (nSPS) is 46.2. The summed E-state index contributed by atoms with van der Waals surface area (Å²) in [6, 6.07) is 9.38. The molecule has 1 heteroatoms. The first-order chi connectivity index (χ1) is 12.2. The van der Waals surface area contributed by atoms with Crippen LogP contribution in [0, 0.1) is 17.8 Å². The fourth-order valence-electron chi connectivity index (χ4n) is 7.04. The summed E-state index contributed by atoms with van der Waals surface area (Å²) in [6.07, 6.45) is 14.7. The maximum Gasteiger partial charge on any atom is 0.0241 e. The summed E-state index contributed by atoms with van der Waals surface area (Å²) >= 11 is 2.41. The molecule has 6 atom stereocenters. The Kier molecular flexibility index (Phi) is 4.04. The number of rotatable bonds is 0. The van der Waals surface area contributed by atoms with Gasteiger partial charge in [-0.05, 0) is 60.0 Å². The second-order valence-electron chi connectivity index (χ2n) is 9.80. The van der Waals surface area contributed by atoms with Gasteiger partial charge < -0.3 is 0 Å². The summed E-state index contributed by atoms with van der Waals surface area (Å²) in [7, 11) is 0. The van der Waals surface area contributed by atoms with E-state index in [-0.39, 0.29) is 0 Å². The van der Waals surface area contributed by atoms with Crippen LogP contribution in [0.1, 0.15) is 82.8 Å². The molecule has 6 rings (SSSR count). The van der Waals surface area contributed by atoms with E-state index in [1.807, 2.05) is 0 Å². The number of fused-ring (bicyclic) bond motifs is 2. The molecule has 0 bridgehead atoms. The van der Waals surface area contributed by atoms with Crippen LogP contribution in [0.25, 0.3) is 0 Å². The maximum atomic E-state index is 2.61. The zero-order valence-electron chi connectivity index (χ0n) is 16.1. The molecule has 0 aromatic heterocycles. The average Bonchev–Trinajstić information content (AvgIpc) is 2.51. The Balaban J connectivity index is 0.000000311. The zero-order valence-corrected chi connectivity index (χ0v) is 16.9. The summed E-state index contributed by atoms with van der Waals surface area (Å²) < 4.78 is 0.656. The van der Waals surface area contributed by atoms with Crippen molar-refractivity contribution in [1.82, 2.24) is 0 Å². The van der Waals surface area contributed by atoms with Crippen LogP contribution in [0.4, 0.5) is 0 Å². The highest BCUT2D eigenvalue weighted by Gasteiger charge is 2.69. The van der Waals surface area contributed by atoms with Crippen molar-refractivity contribution in [2.45, 2.75) is 93.5 Å². The first kappa shape index (κ1) is 16.7. The van der Waals surface area contributed by atoms with Crippen LogP contribution in [-0.2, 0) is 11.8 Å². The Bertz CT molecular complexity index is 643. The van der Waals surface area contributed by atoms with Crippen molar-refractivity contribution in [3.05, 3.63) is 35.4 Å². The monoisotopic (exact) mass is 354 g/mol. The largest absolute Gasteiger partial charge is 0.150 e. The van der Waals surface area contributed by atoms with Crippen molar-refractivity contribution < 1.29 is 0 Å². The molecule has 1 heterocycles. The lowest BCUT2D eigenvalue weighted by Crippen LogP contribution is -2.70. The molecule has 4 fully saturated rings. The molecule has 1 spiro atoms. The van der Waals surface area contributed by atoms with E-state index in [1.165, 1.54) is 64.2 Å². The standard InChI is InChI=1S/C20H26S.C4H8/c1-13-6-5-10-20-15(13)9-11-19(2)16-8-4-3-7-14(16)12-17(21-20)18(19)20;1-2-4-3-1/h3-4,7-8,13,15,17-18H,5-6,9-12H2,1-2H3;1-4H2. The molecule has 136 valence electrons. The third-order valence-electron chi connectivity index (χ3n) is 8.53. The lowest BCUT2D eigenvalue weighted by molar-refractivity contribution is 0.00979. The first-order valence-corrected chi connectivity index (χ1v) is 11.8. The van der Waals surface area contributed by atoms with E-state index in [4.69, 9.17) is 0 Å². The topological polar surface area (TPSA) is 0 Å². The molecule has 1 aromatic rings. The van der Waals surface area contributed by atoms with Crippen LogP contribution in [0.15, 0.2) is 24.3 Å². The van der Waals surface area contributed by atoms with E-state index < -0.39 is 0 Å². The van der Waals surface area contributed by atoms with Gasteiger partial charge in [0, 0.05) is 10.00 Å². The van der Waals surface area contributed by atoms with Gasteiger partial charge in [0.15, 0.2) is 0 Å². The highest BCUT2D eigenvalue weighted by molar-refractivity contribution is 8.02. The van der Waals surface area contributed by atoms with Crippen LogP contribution < -0.4 is 0 Å². The van der Waals surface area contributed by atoms with Crippen molar-refractivity contribution in [3.63, 3.8) is 0 Å². The molecule has 1 saturated heterocycles. The second kappa shape index (κ2) is 6.04. The Morgan fingerprint density at radius 1 is 0.960 bits per heavy atom. The zero-order chi connectivity index (χ0) is 17.1. The van der Waals surface area contributed by atoms with Crippen LogP contribution in [0.5, 0.6) is 0 Å². The van der Waals surface area contributed by atoms with Gasteiger partial charge >= 0.3 is 0 Å². The van der Waals surface area contributed by atoms with Crippen molar-refractivity contribution in [1.29, 1.82) is 0 Å². The Morgan fingerprint density at radius 3 is 2.48 bits per heavy atom. The van der Waals surface area contributed by atoms with E-state index in [1.54, 1.807) is 11.1 Å². The van der Waals surface area contributed by atoms with Gasteiger partial charge in [-0.3, -0.25) is 0 Å².